The van der Waals surface area contributed by atoms with Crippen molar-refractivity contribution in [2.45, 2.75) is 38.1 Å². The molecule has 1 rings (SSSR count). The van der Waals surface area contributed by atoms with Gasteiger partial charge in [-0.05, 0) is 25.8 Å². The van der Waals surface area contributed by atoms with Crippen LogP contribution < -0.4 is 5.32 Å². The number of nitrogens with zero attached hydrogens (tertiary/aromatic N) is 1. The first kappa shape index (κ1) is 13.5. The van der Waals surface area contributed by atoms with E-state index >= 15 is 0 Å². The van der Waals surface area contributed by atoms with Gasteiger partial charge in [-0.1, -0.05) is 25.5 Å². The summed E-state index contributed by atoms with van der Waals surface area (Å²) in [4.78, 5) is 2.42. The highest BCUT2D eigenvalue weighted by Crippen LogP contribution is 2.25. The van der Waals surface area contributed by atoms with Gasteiger partial charge in [-0.2, -0.15) is 0 Å². The molecular formula is C14H26N2. The molecule has 1 heterocycles. The van der Waals surface area contributed by atoms with E-state index in [2.05, 4.69) is 30.3 Å². The predicted octanol–water partition coefficient (Wildman–Crippen LogP) is 2.58. The summed E-state index contributed by atoms with van der Waals surface area (Å²) < 4.78 is 0. The monoisotopic (exact) mass is 222 g/mol. The molecule has 0 aromatic carbocycles. The molecule has 1 N–H and O–H groups in total. The van der Waals surface area contributed by atoms with Crippen LogP contribution in [0.2, 0.25) is 0 Å². The van der Waals surface area contributed by atoms with E-state index in [1.54, 1.807) is 0 Å². The third-order valence-electron chi connectivity index (χ3n) is 3.36. The normalized spacial score (nSPS) is 24.9. The van der Waals surface area contributed by atoms with Gasteiger partial charge in [0.2, 0.25) is 0 Å². The Morgan fingerprint density at radius 2 is 2.00 bits per heavy atom. The Hall–Kier alpha value is -0.600. The average Bonchev–Trinajstić information content (AvgIpc) is 2.68. The zero-order valence-electron chi connectivity index (χ0n) is 10.7. The van der Waals surface area contributed by atoms with E-state index < -0.39 is 0 Å². The van der Waals surface area contributed by atoms with Crippen LogP contribution in [0.4, 0.5) is 0 Å². The Balaban J connectivity index is 2.56. The number of hydrogen-bond acceptors (Lipinski definition) is 2. The van der Waals surface area contributed by atoms with Crippen LogP contribution in [0.25, 0.3) is 0 Å². The highest BCUT2D eigenvalue weighted by molar-refractivity contribution is 4.97. The smallest absolute Gasteiger partial charge is 0.0309 e. The summed E-state index contributed by atoms with van der Waals surface area (Å²) in [6.07, 6.45) is 9.12. The minimum Gasteiger partial charge on any atom is -0.310 e. The minimum absolute atomic E-state index is 0.348. The van der Waals surface area contributed by atoms with Crippen LogP contribution in [0.3, 0.4) is 0 Å². The molecule has 0 aromatic heterocycles. The van der Waals surface area contributed by atoms with Gasteiger partial charge in [0.15, 0.2) is 0 Å². The van der Waals surface area contributed by atoms with Gasteiger partial charge in [0, 0.05) is 25.2 Å². The lowest BCUT2D eigenvalue weighted by Crippen LogP contribution is -2.49. The van der Waals surface area contributed by atoms with Crippen LogP contribution in [0, 0.1) is 0 Å². The van der Waals surface area contributed by atoms with Gasteiger partial charge in [-0.15, -0.1) is 13.2 Å². The maximum atomic E-state index is 3.83. The zero-order chi connectivity index (χ0) is 11.9. The van der Waals surface area contributed by atoms with E-state index in [1.165, 1.54) is 32.2 Å². The molecule has 1 aliphatic rings. The van der Waals surface area contributed by atoms with Gasteiger partial charge in [-0.25, -0.2) is 0 Å². The van der Waals surface area contributed by atoms with Crippen molar-refractivity contribution in [3.05, 3.63) is 25.3 Å². The van der Waals surface area contributed by atoms with Crippen molar-refractivity contribution in [2.75, 3.05) is 26.2 Å². The summed E-state index contributed by atoms with van der Waals surface area (Å²) in [5.41, 5.74) is 0.348. The van der Waals surface area contributed by atoms with Crippen LogP contribution in [0.15, 0.2) is 25.3 Å². The maximum absolute atomic E-state index is 3.83. The lowest BCUT2D eigenvalue weighted by Gasteiger charge is -2.35. The molecule has 1 aliphatic heterocycles. The molecule has 0 aliphatic carbocycles. The topological polar surface area (TPSA) is 15.3 Å². The Labute approximate surface area is 100 Å². The fourth-order valence-corrected chi connectivity index (χ4v) is 2.77. The molecule has 1 saturated heterocycles. The summed E-state index contributed by atoms with van der Waals surface area (Å²) in [7, 11) is 0. The summed E-state index contributed by atoms with van der Waals surface area (Å²) in [5.74, 6) is 0. The van der Waals surface area contributed by atoms with Crippen LogP contribution in [0.5, 0.6) is 0 Å². The molecule has 1 unspecified atom stereocenters. The van der Waals surface area contributed by atoms with E-state index in [0.717, 1.165) is 19.6 Å². The van der Waals surface area contributed by atoms with Gasteiger partial charge >= 0.3 is 0 Å². The maximum Gasteiger partial charge on any atom is 0.0309 e. The highest BCUT2D eigenvalue weighted by Gasteiger charge is 2.33. The molecule has 1 atom stereocenters. The second kappa shape index (κ2) is 6.87. The zero-order valence-corrected chi connectivity index (χ0v) is 10.7. The van der Waals surface area contributed by atoms with Crippen LogP contribution in [0.1, 0.15) is 32.6 Å². The quantitative estimate of drug-likeness (QED) is 0.635. The minimum atomic E-state index is 0.348. The van der Waals surface area contributed by atoms with Crippen LogP contribution in [-0.2, 0) is 0 Å². The van der Waals surface area contributed by atoms with Gasteiger partial charge in [0.25, 0.3) is 0 Å². The summed E-state index contributed by atoms with van der Waals surface area (Å²) >= 11 is 0. The van der Waals surface area contributed by atoms with E-state index in [1.807, 2.05) is 12.2 Å². The van der Waals surface area contributed by atoms with Gasteiger partial charge < -0.3 is 5.32 Å². The molecule has 0 bridgehead atoms. The number of hydrogen-bond donors (Lipinski definition) is 1. The number of nitrogens with one attached hydrogen (secondary N) is 1. The first-order valence-electron chi connectivity index (χ1n) is 6.45. The molecule has 2 nitrogen and oxygen atoms in total. The van der Waals surface area contributed by atoms with Crippen molar-refractivity contribution in [3.8, 4) is 0 Å². The fourth-order valence-electron chi connectivity index (χ4n) is 2.77. The van der Waals surface area contributed by atoms with Crippen molar-refractivity contribution in [3.63, 3.8) is 0 Å². The molecule has 0 amide bonds. The first-order chi connectivity index (χ1) is 7.76. The van der Waals surface area contributed by atoms with Crippen molar-refractivity contribution in [2.24, 2.45) is 0 Å². The van der Waals surface area contributed by atoms with E-state index in [0.29, 0.717) is 5.54 Å². The Morgan fingerprint density at radius 3 is 2.44 bits per heavy atom. The summed E-state index contributed by atoms with van der Waals surface area (Å²) in [6, 6.07) is 0. The van der Waals surface area contributed by atoms with Crippen molar-refractivity contribution in [1.29, 1.82) is 0 Å². The van der Waals surface area contributed by atoms with Gasteiger partial charge in [0.1, 0.15) is 0 Å². The van der Waals surface area contributed by atoms with Crippen LogP contribution in [-0.4, -0.2) is 36.6 Å². The second-order valence-electron chi connectivity index (χ2n) is 4.83. The Morgan fingerprint density at radius 1 is 1.31 bits per heavy atom. The molecule has 0 saturated carbocycles. The Kier molecular flexibility index (Phi) is 5.78. The first-order valence-corrected chi connectivity index (χ1v) is 6.45. The van der Waals surface area contributed by atoms with E-state index in [4.69, 9.17) is 0 Å². The van der Waals surface area contributed by atoms with E-state index in [9.17, 15) is 0 Å². The number of rotatable bonds is 8. The third kappa shape index (κ3) is 3.76. The third-order valence-corrected chi connectivity index (χ3v) is 3.36. The fraction of sp³-hybridized carbons (Fsp3) is 0.714. The lowest BCUT2D eigenvalue weighted by atomic mass is 9.91. The molecule has 0 radical (unpaired) electrons. The molecule has 92 valence electrons. The lowest BCUT2D eigenvalue weighted by molar-refractivity contribution is 0.211. The molecular weight excluding hydrogens is 196 g/mol. The standard InChI is InChI=1S/C14H26N2/c1-4-8-14(9-7-10-15-14)13-16(11-5-2)12-6-3/h5-6,15H,2-4,7-13H2,1H3. The molecule has 1 fully saturated rings. The predicted molar refractivity (Wildman–Crippen MR) is 71.7 cm³/mol. The SMILES string of the molecule is C=CCN(CC=C)CC1(CCC)CCCN1. The summed E-state index contributed by atoms with van der Waals surface area (Å²) in [5, 5.41) is 3.71. The largest absolute Gasteiger partial charge is 0.310 e. The second-order valence-corrected chi connectivity index (χ2v) is 4.83. The average molecular weight is 222 g/mol. The molecule has 2 heteroatoms. The van der Waals surface area contributed by atoms with Gasteiger partial charge in [-0.3, -0.25) is 4.90 Å². The van der Waals surface area contributed by atoms with Crippen molar-refractivity contribution in [1.82, 2.24) is 10.2 Å². The molecule has 16 heavy (non-hydrogen) atoms. The molecule has 0 spiro atoms. The molecule has 0 aromatic rings. The van der Waals surface area contributed by atoms with Crippen molar-refractivity contribution < 1.29 is 0 Å². The van der Waals surface area contributed by atoms with Gasteiger partial charge in [0.05, 0.1) is 0 Å². The highest BCUT2D eigenvalue weighted by atomic mass is 15.2. The summed E-state index contributed by atoms with van der Waals surface area (Å²) in [6.45, 7) is 14.1. The van der Waals surface area contributed by atoms with Crippen molar-refractivity contribution >= 4 is 0 Å². The van der Waals surface area contributed by atoms with Crippen LogP contribution >= 0.6 is 0 Å². The Bertz CT molecular complexity index is 207. The van der Waals surface area contributed by atoms with E-state index in [-0.39, 0.29) is 0 Å².